The average Bonchev–Trinajstić information content (AvgIpc) is 1.22. The van der Waals surface area contributed by atoms with Gasteiger partial charge in [-0.05, 0) is 174 Å². The van der Waals surface area contributed by atoms with E-state index in [1.807, 2.05) is 62.4 Å². The molecule has 4 heterocycles. The van der Waals surface area contributed by atoms with E-state index in [-0.39, 0.29) is 176 Å². The number of carbonyl (C=O) groups excluding carboxylic acids is 14. The van der Waals surface area contributed by atoms with Gasteiger partial charge in [0.05, 0.1) is 0 Å². The molecule has 4 unspecified atom stereocenters. The summed E-state index contributed by atoms with van der Waals surface area (Å²) in [7, 11) is 0. The van der Waals surface area contributed by atoms with Crippen LogP contribution >= 0.6 is 0 Å². The molecule has 0 aromatic heterocycles. The van der Waals surface area contributed by atoms with Crippen LogP contribution < -0.4 is 43.8 Å². The van der Waals surface area contributed by atoms with Gasteiger partial charge >= 0.3 is 12.1 Å². The molecule has 15 amide bonds. The number of primary amides is 1. The molecule has 27 nitrogen and oxygen atoms in total. The summed E-state index contributed by atoms with van der Waals surface area (Å²) in [6.45, 7) is 4.37. The first kappa shape index (κ1) is 73.2. The lowest BCUT2D eigenvalue weighted by molar-refractivity contribution is -0.130. The average molecular weight is 1410 g/mol. The molecule has 1 aliphatic carbocycles. The number of ether oxygens (including phenoxy) is 1. The van der Waals surface area contributed by atoms with Crippen molar-refractivity contribution in [1.29, 1.82) is 0 Å². The zero-order chi connectivity index (χ0) is 73.3. The Morgan fingerprint density at radius 1 is 0.379 bits per heavy atom. The second-order valence-corrected chi connectivity index (χ2v) is 26.5. The van der Waals surface area contributed by atoms with E-state index in [0.29, 0.717) is 32.1 Å². The molecule has 0 spiro atoms. The van der Waals surface area contributed by atoms with Crippen molar-refractivity contribution >= 4 is 105 Å². The molecule has 6 aromatic rings. The fourth-order valence-corrected chi connectivity index (χ4v) is 14.4. The van der Waals surface area contributed by atoms with Gasteiger partial charge in [-0.2, -0.15) is 0 Å². The molecule has 5 aliphatic rings. The molecule has 11 N–H and O–H groups in total. The van der Waals surface area contributed by atoms with Crippen molar-refractivity contribution in [3.63, 3.8) is 0 Å². The van der Waals surface area contributed by atoms with Crippen LogP contribution in [0.1, 0.15) is 216 Å². The quantitative estimate of drug-likeness (QED) is 0.0151. The molecule has 0 saturated carbocycles. The van der Waals surface area contributed by atoms with Crippen molar-refractivity contribution in [1.82, 2.24) is 46.2 Å². The molecule has 4 atom stereocenters. The minimum absolute atomic E-state index is 0.0331. The highest BCUT2D eigenvalue weighted by atomic mass is 16.5. The lowest BCUT2D eigenvalue weighted by Gasteiger charge is -2.32. The van der Waals surface area contributed by atoms with Crippen molar-refractivity contribution in [2.24, 2.45) is 17.2 Å². The summed E-state index contributed by atoms with van der Waals surface area (Å²) in [6.07, 6.45) is 3.33. The van der Waals surface area contributed by atoms with E-state index in [9.17, 15) is 67.1 Å². The molecule has 11 rings (SSSR count). The normalized spacial score (nSPS) is 15.5. The summed E-state index contributed by atoms with van der Waals surface area (Å²) in [6, 6.07) is 20.6. The fraction of sp³-hybridized carbons (Fsp3) is 0.395. The number of amides is 15. The summed E-state index contributed by atoms with van der Waals surface area (Å²) in [5.74, 6) is -8.76. The number of alkyl carbamates (subject to hydrolysis) is 1. The van der Waals surface area contributed by atoms with E-state index in [2.05, 4.69) is 26.6 Å². The van der Waals surface area contributed by atoms with Crippen LogP contribution in [0.15, 0.2) is 97.1 Å². The van der Waals surface area contributed by atoms with Crippen LogP contribution in [0.4, 0.5) is 9.59 Å². The van der Waals surface area contributed by atoms with Gasteiger partial charge in [-0.25, -0.2) is 9.59 Å². The summed E-state index contributed by atoms with van der Waals surface area (Å²) in [5.41, 5.74) is 22.7. The molecule has 0 bridgehead atoms. The maximum atomic E-state index is 14.6. The lowest BCUT2D eigenvalue weighted by Crippen LogP contribution is -2.58. The third kappa shape index (κ3) is 14.9. The second kappa shape index (κ2) is 32.3. The summed E-state index contributed by atoms with van der Waals surface area (Å²) < 4.78 is 5.81. The first-order chi connectivity index (χ1) is 49.7. The largest absolute Gasteiger partial charge is 0.449 e. The molecule has 0 radical (unpaired) electrons. The number of urea groups is 1. The number of fused-ring (bicyclic) bond motifs is 3. The monoisotopic (exact) mass is 1400 g/mol. The highest BCUT2D eigenvalue weighted by Crippen LogP contribution is 2.45. The molecular weight excluding hydrogens is 1320 g/mol. The Bertz CT molecular complexity index is 4290. The topological polar surface area (TPSA) is 399 Å². The van der Waals surface area contributed by atoms with Gasteiger partial charge in [-0.15, -0.1) is 0 Å². The van der Waals surface area contributed by atoms with Crippen molar-refractivity contribution < 1.29 is 71.9 Å². The van der Waals surface area contributed by atoms with Gasteiger partial charge in [0.15, 0.2) is 0 Å². The zero-order valence-corrected chi connectivity index (χ0v) is 57.5. The van der Waals surface area contributed by atoms with E-state index in [4.69, 9.17) is 21.9 Å². The highest BCUT2D eigenvalue weighted by Gasteiger charge is 2.43. The molecule has 0 saturated heterocycles. The maximum absolute atomic E-state index is 14.6. The SMILES string of the molecule is CCCCN1C(=O)c2ccc3c4c(ccc(c24)C1=O)C(=O)N(CCCCC(NC(=O)C(CCCCN)NC(=O)NC(=O)C(CCCCN1C(=O)c2ccc4c5c(ccc(c25)C1=O)C(=O)N(CCCC)C4=O)NC(=O)C(CCCCN)NC(=O)OCC1c2ccccc2-c2ccccc21)C(N)=O)C3=O. The van der Waals surface area contributed by atoms with Crippen molar-refractivity contribution in [3.05, 3.63) is 153 Å². The highest BCUT2D eigenvalue weighted by molar-refractivity contribution is 6.35. The number of hydrogen-bond donors (Lipinski definition) is 8. The van der Waals surface area contributed by atoms with E-state index in [0.717, 1.165) is 44.9 Å². The minimum Gasteiger partial charge on any atom is -0.449 e. The van der Waals surface area contributed by atoms with Gasteiger partial charge < -0.3 is 43.2 Å². The number of nitrogens with zero attached hydrogens (tertiary/aromatic N) is 4. The maximum Gasteiger partial charge on any atom is 0.407 e. The Kier molecular flexibility index (Phi) is 22.9. The first-order valence-electron chi connectivity index (χ1n) is 35.4. The van der Waals surface area contributed by atoms with Gasteiger partial charge in [-0.1, -0.05) is 75.2 Å². The number of unbranched alkanes of at least 4 members (excludes halogenated alkanes) is 6. The third-order valence-corrected chi connectivity index (χ3v) is 19.8. The Morgan fingerprint density at radius 3 is 1.04 bits per heavy atom. The van der Waals surface area contributed by atoms with Gasteiger partial charge in [0, 0.05) is 98.1 Å². The number of nitrogens with two attached hydrogens (primary N) is 3. The number of nitrogens with one attached hydrogen (secondary N) is 5. The summed E-state index contributed by atoms with van der Waals surface area (Å²) in [4.78, 5) is 200. The lowest BCUT2D eigenvalue weighted by atomic mass is 9.86. The minimum atomic E-state index is -1.54. The Morgan fingerprint density at radius 2 is 0.689 bits per heavy atom. The van der Waals surface area contributed by atoms with E-state index >= 15 is 0 Å². The van der Waals surface area contributed by atoms with Crippen molar-refractivity contribution in [3.8, 4) is 11.1 Å². The molecule has 103 heavy (non-hydrogen) atoms. The molecule has 27 heteroatoms. The number of carbonyl (C=O) groups is 14. The zero-order valence-electron chi connectivity index (χ0n) is 57.5. The van der Waals surface area contributed by atoms with Crippen LogP contribution in [0.5, 0.6) is 0 Å². The van der Waals surface area contributed by atoms with Gasteiger partial charge in [0.2, 0.25) is 17.7 Å². The van der Waals surface area contributed by atoms with E-state index in [1.54, 1.807) is 0 Å². The number of rotatable bonds is 34. The van der Waals surface area contributed by atoms with E-state index < -0.39 is 107 Å². The number of benzene rings is 6. The van der Waals surface area contributed by atoms with Crippen molar-refractivity contribution in [2.75, 3.05) is 45.9 Å². The summed E-state index contributed by atoms with van der Waals surface area (Å²) >= 11 is 0. The number of imide groups is 5. The van der Waals surface area contributed by atoms with E-state index in [1.165, 1.54) is 58.3 Å². The van der Waals surface area contributed by atoms with Crippen LogP contribution in [0, 0.1) is 0 Å². The second-order valence-electron chi connectivity index (χ2n) is 26.5. The Labute approximate surface area is 593 Å². The molecule has 0 fully saturated rings. The predicted octanol–water partition coefficient (Wildman–Crippen LogP) is 6.83. The molecule has 4 aliphatic heterocycles. The number of hydrogen-bond acceptors (Lipinski definition) is 17. The van der Waals surface area contributed by atoms with Crippen molar-refractivity contribution in [2.45, 2.75) is 147 Å². The predicted molar refractivity (Wildman–Crippen MR) is 378 cm³/mol. The summed E-state index contributed by atoms with van der Waals surface area (Å²) in [5, 5.41) is 13.6. The third-order valence-electron chi connectivity index (χ3n) is 19.8. The van der Waals surface area contributed by atoms with Gasteiger partial charge in [0.1, 0.15) is 30.8 Å². The molecule has 6 aromatic carbocycles. The van der Waals surface area contributed by atoms with Crippen LogP contribution in [0.2, 0.25) is 0 Å². The smallest absolute Gasteiger partial charge is 0.407 e. The Balaban J connectivity index is 0.755. The fourth-order valence-electron chi connectivity index (χ4n) is 14.4. The van der Waals surface area contributed by atoms with Crippen LogP contribution in [0.25, 0.3) is 32.7 Å². The molecular formula is C76H84N12O15. The van der Waals surface area contributed by atoms with Crippen LogP contribution in [-0.2, 0) is 23.9 Å². The molecule has 538 valence electrons. The van der Waals surface area contributed by atoms with Crippen LogP contribution in [-0.4, -0.2) is 173 Å². The Hall–Kier alpha value is -11.1. The standard InChI is InChI=1S/C76H84N12O15/c1-3-5-37-85-67(93)46-27-31-50-61-51(32-28-47(59(46)61)68(85)94)72(98)87(71(50)97)39-17-13-23-55(63(79)89)80-64(90)57(24-11-15-35-77)82-75(101)84-66(92)56(81-65(91)58(25-12-16-36-78)83-76(102)103-41-54-44-21-9-7-19-42(44)43-20-8-10-22-45(43)54)26-14-18-40-88-73(99)52-33-29-48-60-49(30-34-53(62(52)60)74(88)100)70(96)86(69(48)95)38-6-4-2/h7-10,19-22,27-34,54-58H,3-6,11-18,23-26,35-41,77-78H2,1-2H3,(H2,79,89)(H,80,90)(H,81,91)(H,83,102)(H2,82,84,92,101). The first-order valence-corrected chi connectivity index (χ1v) is 35.4. The van der Waals surface area contributed by atoms with Crippen LogP contribution in [0.3, 0.4) is 0 Å². The van der Waals surface area contributed by atoms with Gasteiger partial charge in [-0.3, -0.25) is 82.5 Å². The van der Waals surface area contributed by atoms with Gasteiger partial charge in [0.25, 0.3) is 53.2 Å².